The Morgan fingerprint density at radius 3 is 2.62 bits per heavy atom. The zero-order valence-corrected chi connectivity index (χ0v) is 17.1. The minimum absolute atomic E-state index is 0.0511. The lowest BCUT2D eigenvalue weighted by molar-refractivity contribution is -0.134. The Hall–Kier alpha value is -2.51. The van der Waals surface area contributed by atoms with Crippen LogP contribution in [-0.4, -0.2) is 28.4 Å². The van der Waals surface area contributed by atoms with Crippen molar-refractivity contribution in [2.75, 3.05) is 0 Å². The highest BCUT2D eigenvalue weighted by Crippen LogP contribution is 2.36. The van der Waals surface area contributed by atoms with Gasteiger partial charge in [-0.05, 0) is 61.9 Å². The molecule has 9 heteroatoms. The number of hydrogen-bond acceptors (Lipinski definition) is 4. The first-order valence-corrected chi connectivity index (χ1v) is 10.1. The largest absolute Gasteiger partial charge is 0.451 e. The van der Waals surface area contributed by atoms with Gasteiger partial charge in [-0.1, -0.05) is 30.1 Å². The Morgan fingerprint density at radius 1 is 1.21 bits per heavy atom. The van der Waals surface area contributed by atoms with Gasteiger partial charge >= 0.3 is 11.9 Å². The smallest absolute Gasteiger partial charge is 0.344 e. The molecule has 0 atom stereocenters. The maximum atomic E-state index is 12.8. The zero-order valence-electron chi connectivity index (χ0n) is 15.6. The van der Waals surface area contributed by atoms with Crippen molar-refractivity contribution in [3.8, 4) is 11.3 Å². The summed E-state index contributed by atoms with van der Waals surface area (Å²) in [5.41, 5.74) is 1.99. The summed E-state index contributed by atoms with van der Waals surface area (Å²) in [6.07, 6.45) is 2.81. The summed E-state index contributed by atoms with van der Waals surface area (Å²) in [5.74, 6) is -0.312. The van der Waals surface area contributed by atoms with E-state index in [1.165, 1.54) is 6.07 Å². The molecular formula is C20H19Cl2N3O4. The first-order valence-electron chi connectivity index (χ1n) is 9.32. The number of benzene rings is 1. The fourth-order valence-corrected chi connectivity index (χ4v) is 4.27. The molecule has 1 aromatic carbocycles. The quantitative estimate of drug-likeness (QED) is 0.698. The molecule has 152 valence electrons. The molecule has 1 spiro atoms. The Balaban J connectivity index is 1.49. The molecule has 2 aromatic rings. The van der Waals surface area contributed by atoms with Crippen LogP contribution in [0.1, 0.15) is 43.2 Å². The molecule has 1 aliphatic carbocycles. The van der Waals surface area contributed by atoms with Crippen LogP contribution in [0, 0.1) is 5.92 Å². The molecule has 1 saturated carbocycles. The third kappa shape index (κ3) is 3.60. The summed E-state index contributed by atoms with van der Waals surface area (Å²) in [7, 11) is 0. The number of urea groups is 1. The van der Waals surface area contributed by atoms with Crippen molar-refractivity contribution in [1.82, 2.24) is 15.8 Å². The Kier molecular flexibility index (Phi) is 5.04. The molecular weight excluding hydrogens is 417 g/mol. The van der Waals surface area contributed by atoms with Crippen molar-refractivity contribution < 1.29 is 18.8 Å². The number of carbonyl (C=O) groups excluding carboxylic acids is 3. The fourth-order valence-electron chi connectivity index (χ4n) is 3.77. The maximum absolute atomic E-state index is 12.8. The number of rotatable bonds is 3. The van der Waals surface area contributed by atoms with Gasteiger partial charge in [0, 0.05) is 10.6 Å². The number of halogens is 2. The molecule has 1 aromatic heterocycles. The number of nitrogens with zero attached hydrogens (tertiary/aromatic N) is 1. The van der Waals surface area contributed by atoms with Gasteiger partial charge in [-0.25, -0.2) is 10.2 Å². The number of furan rings is 1. The van der Waals surface area contributed by atoms with E-state index in [2.05, 4.69) is 17.7 Å². The van der Waals surface area contributed by atoms with E-state index in [4.69, 9.17) is 27.6 Å². The van der Waals surface area contributed by atoms with Crippen LogP contribution >= 0.6 is 23.2 Å². The number of carbonyl (C=O) groups is 3. The molecule has 2 heterocycles. The highest BCUT2D eigenvalue weighted by atomic mass is 35.5. The zero-order chi connectivity index (χ0) is 20.8. The van der Waals surface area contributed by atoms with Gasteiger partial charge in [-0.3, -0.25) is 9.59 Å². The highest BCUT2D eigenvalue weighted by Gasteiger charge is 2.53. The predicted octanol–water partition coefficient (Wildman–Crippen LogP) is 4.40. The van der Waals surface area contributed by atoms with Gasteiger partial charge in [0.2, 0.25) is 0 Å². The van der Waals surface area contributed by atoms with Gasteiger partial charge in [-0.15, -0.1) is 0 Å². The number of hydrogen-bond donors (Lipinski definition) is 2. The Labute approximate surface area is 177 Å². The average Bonchev–Trinajstić information content (AvgIpc) is 3.24. The van der Waals surface area contributed by atoms with Crippen LogP contribution < -0.4 is 10.7 Å². The van der Waals surface area contributed by atoms with Crippen molar-refractivity contribution in [3.05, 3.63) is 46.1 Å². The molecule has 2 aliphatic rings. The standard InChI is InChI=1S/C20H19Cl2N3O4/c1-11-6-8-20(9-7-11)18(27)25(19(28)23-20)24-17(26)16-5-4-15(29-16)13-3-2-12(21)10-14(13)22/h2-5,10-11H,6-9H2,1H3,(H,23,28)(H,24,26). The number of hydrazine groups is 1. The molecule has 0 radical (unpaired) electrons. The normalized spacial score (nSPS) is 24.1. The predicted molar refractivity (Wildman–Crippen MR) is 107 cm³/mol. The fraction of sp³-hybridized carbons (Fsp3) is 0.350. The average molecular weight is 436 g/mol. The monoisotopic (exact) mass is 435 g/mol. The lowest BCUT2D eigenvalue weighted by Gasteiger charge is -2.33. The first kappa shape index (κ1) is 19.8. The second-order valence-electron chi connectivity index (χ2n) is 7.56. The van der Waals surface area contributed by atoms with E-state index in [1.54, 1.807) is 24.3 Å². The summed E-state index contributed by atoms with van der Waals surface area (Å²) < 4.78 is 5.57. The minimum atomic E-state index is -0.929. The van der Waals surface area contributed by atoms with Gasteiger partial charge in [-0.2, -0.15) is 5.01 Å². The summed E-state index contributed by atoms with van der Waals surface area (Å²) in [4.78, 5) is 37.7. The number of imide groups is 1. The van der Waals surface area contributed by atoms with Gasteiger partial charge < -0.3 is 9.73 Å². The first-order chi connectivity index (χ1) is 13.8. The maximum Gasteiger partial charge on any atom is 0.344 e. The summed E-state index contributed by atoms with van der Waals surface area (Å²) in [5, 5.41) is 4.35. The van der Waals surface area contributed by atoms with E-state index in [1.807, 2.05) is 0 Å². The minimum Gasteiger partial charge on any atom is -0.451 e. The van der Waals surface area contributed by atoms with Crippen molar-refractivity contribution in [2.24, 2.45) is 5.92 Å². The van der Waals surface area contributed by atoms with Gasteiger partial charge in [0.25, 0.3) is 5.91 Å². The molecule has 0 unspecified atom stereocenters. The highest BCUT2D eigenvalue weighted by molar-refractivity contribution is 6.36. The van der Waals surface area contributed by atoms with Crippen LogP contribution in [0.15, 0.2) is 34.7 Å². The van der Waals surface area contributed by atoms with Gasteiger partial charge in [0.1, 0.15) is 11.3 Å². The van der Waals surface area contributed by atoms with E-state index in [-0.39, 0.29) is 5.76 Å². The Bertz CT molecular complexity index is 995. The van der Waals surface area contributed by atoms with E-state index in [9.17, 15) is 14.4 Å². The molecule has 1 saturated heterocycles. The van der Waals surface area contributed by atoms with E-state index >= 15 is 0 Å². The summed E-state index contributed by atoms with van der Waals surface area (Å²) >= 11 is 12.1. The molecule has 1 aliphatic heterocycles. The Morgan fingerprint density at radius 2 is 1.93 bits per heavy atom. The van der Waals surface area contributed by atoms with Crippen molar-refractivity contribution in [3.63, 3.8) is 0 Å². The van der Waals surface area contributed by atoms with Gasteiger partial charge in [0.05, 0.1) is 5.02 Å². The number of nitrogens with one attached hydrogen (secondary N) is 2. The van der Waals surface area contributed by atoms with Crippen LogP contribution in [0.3, 0.4) is 0 Å². The molecule has 4 rings (SSSR count). The van der Waals surface area contributed by atoms with Crippen molar-refractivity contribution in [2.45, 2.75) is 38.1 Å². The lowest BCUT2D eigenvalue weighted by Crippen LogP contribution is -2.51. The molecule has 0 bridgehead atoms. The topological polar surface area (TPSA) is 91.7 Å². The molecule has 2 fully saturated rings. The van der Waals surface area contributed by atoms with Crippen LogP contribution in [0.4, 0.5) is 4.79 Å². The van der Waals surface area contributed by atoms with E-state index in [0.717, 1.165) is 17.9 Å². The number of amides is 4. The van der Waals surface area contributed by atoms with E-state index in [0.29, 0.717) is 40.1 Å². The third-order valence-electron chi connectivity index (χ3n) is 5.53. The molecule has 7 nitrogen and oxygen atoms in total. The van der Waals surface area contributed by atoms with Crippen molar-refractivity contribution in [1.29, 1.82) is 0 Å². The third-order valence-corrected chi connectivity index (χ3v) is 6.08. The second-order valence-corrected chi connectivity index (χ2v) is 8.41. The molecule has 2 N–H and O–H groups in total. The summed E-state index contributed by atoms with van der Waals surface area (Å²) in [6.45, 7) is 2.12. The van der Waals surface area contributed by atoms with Crippen LogP contribution in [0.5, 0.6) is 0 Å². The van der Waals surface area contributed by atoms with Crippen LogP contribution in [-0.2, 0) is 4.79 Å². The lowest BCUT2D eigenvalue weighted by atomic mass is 9.77. The molecule has 29 heavy (non-hydrogen) atoms. The van der Waals surface area contributed by atoms with E-state index < -0.39 is 23.4 Å². The second kappa shape index (κ2) is 7.39. The van der Waals surface area contributed by atoms with Gasteiger partial charge in [0.15, 0.2) is 5.76 Å². The van der Waals surface area contributed by atoms with Crippen LogP contribution in [0.25, 0.3) is 11.3 Å². The van der Waals surface area contributed by atoms with Crippen molar-refractivity contribution >= 4 is 41.0 Å². The SMILES string of the molecule is CC1CCC2(CC1)NC(=O)N(NC(=O)c1ccc(-c3ccc(Cl)cc3Cl)o1)C2=O. The van der Waals surface area contributed by atoms with Crippen LogP contribution in [0.2, 0.25) is 10.0 Å². The molecule has 4 amide bonds. The summed E-state index contributed by atoms with van der Waals surface area (Å²) in [6, 6.07) is 7.30.